The van der Waals surface area contributed by atoms with Gasteiger partial charge in [-0.05, 0) is 36.5 Å². The van der Waals surface area contributed by atoms with Crippen molar-refractivity contribution in [3.63, 3.8) is 0 Å². The maximum Gasteiger partial charge on any atom is 0.185 e. The van der Waals surface area contributed by atoms with Crippen LogP contribution in [0.2, 0.25) is 0 Å². The van der Waals surface area contributed by atoms with Gasteiger partial charge in [0.25, 0.3) is 0 Å². The van der Waals surface area contributed by atoms with E-state index in [0.717, 1.165) is 11.4 Å². The summed E-state index contributed by atoms with van der Waals surface area (Å²) in [6.07, 6.45) is -2.18. The summed E-state index contributed by atoms with van der Waals surface area (Å²) in [5, 5.41) is 20.9. The first-order chi connectivity index (χ1) is 9.70. The van der Waals surface area contributed by atoms with Crippen LogP contribution in [0.3, 0.4) is 0 Å². The van der Waals surface area contributed by atoms with Crippen molar-refractivity contribution in [1.29, 1.82) is 0 Å². The fourth-order valence-electron chi connectivity index (χ4n) is 2.31. The highest BCUT2D eigenvalue weighted by Gasteiger charge is 2.42. The summed E-state index contributed by atoms with van der Waals surface area (Å²) in [6, 6.07) is 18.6. The summed E-state index contributed by atoms with van der Waals surface area (Å²) in [7, 11) is 0. The van der Waals surface area contributed by atoms with Gasteiger partial charge in [0.15, 0.2) is 17.6 Å². The lowest BCUT2D eigenvalue weighted by Crippen LogP contribution is -2.37. The van der Waals surface area contributed by atoms with Crippen LogP contribution >= 0.6 is 12.2 Å². The Labute approximate surface area is 122 Å². The SMILES string of the molecule is OC1C(O)N(c2ccccc2)C(=S)N1c1ccccc1. The van der Waals surface area contributed by atoms with Gasteiger partial charge in [-0.2, -0.15) is 0 Å². The molecule has 5 heteroatoms. The van der Waals surface area contributed by atoms with Crippen LogP contribution in [-0.2, 0) is 0 Å². The quantitative estimate of drug-likeness (QED) is 0.826. The minimum Gasteiger partial charge on any atom is -0.369 e. The lowest BCUT2D eigenvalue weighted by Gasteiger charge is -2.22. The minimum atomic E-state index is -1.09. The zero-order valence-corrected chi connectivity index (χ0v) is 11.4. The van der Waals surface area contributed by atoms with Gasteiger partial charge in [0.05, 0.1) is 0 Å². The lowest BCUT2D eigenvalue weighted by molar-refractivity contribution is 0.0460. The molecule has 0 saturated carbocycles. The van der Waals surface area contributed by atoms with E-state index in [2.05, 4.69) is 0 Å². The molecule has 2 N–H and O–H groups in total. The van der Waals surface area contributed by atoms with Gasteiger partial charge in [0.2, 0.25) is 0 Å². The summed E-state index contributed by atoms with van der Waals surface area (Å²) in [5.74, 6) is 0. The monoisotopic (exact) mass is 286 g/mol. The van der Waals surface area contributed by atoms with Crippen LogP contribution in [0, 0.1) is 0 Å². The smallest absolute Gasteiger partial charge is 0.185 e. The maximum atomic E-state index is 10.3. The van der Waals surface area contributed by atoms with Gasteiger partial charge in [-0.15, -0.1) is 0 Å². The second-order valence-corrected chi connectivity index (χ2v) is 4.89. The summed E-state index contributed by atoms with van der Waals surface area (Å²) >= 11 is 5.41. The molecular formula is C15H14N2O2S. The molecule has 2 atom stereocenters. The second kappa shape index (κ2) is 5.20. The number of rotatable bonds is 2. The number of benzene rings is 2. The number of hydrogen-bond donors (Lipinski definition) is 2. The number of aliphatic hydroxyl groups excluding tert-OH is 2. The highest BCUT2D eigenvalue weighted by molar-refractivity contribution is 7.80. The van der Waals surface area contributed by atoms with E-state index in [9.17, 15) is 10.2 Å². The molecule has 4 nitrogen and oxygen atoms in total. The molecule has 1 aliphatic heterocycles. The van der Waals surface area contributed by atoms with Gasteiger partial charge < -0.3 is 10.2 Å². The van der Waals surface area contributed by atoms with Gasteiger partial charge in [-0.1, -0.05) is 36.4 Å². The van der Waals surface area contributed by atoms with Gasteiger partial charge in [-0.25, -0.2) is 0 Å². The largest absolute Gasteiger partial charge is 0.369 e. The third-order valence-corrected chi connectivity index (χ3v) is 3.67. The van der Waals surface area contributed by atoms with Crippen molar-refractivity contribution < 1.29 is 10.2 Å². The molecule has 1 saturated heterocycles. The molecule has 3 rings (SSSR count). The molecule has 0 spiro atoms. The highest BCUT2D eigenvalue weighted by atomic mass is 32.1. The molecular weight excluding hydrogens is 272 g/mol. The number of hydrogen-bond acceptors (Lipinski definition) is 3. The van der Waals surface area contributed by atoms with E-state index in [1.54, 1.807) is 9.80 Å². The second-order valence-electron chi connectivity index (χ2n) is 4.52. The van der Waals surface area contributed by atoms with Crippen LogP contribution in [0.15, 0.2) is 60.7 Å². The first-order valence-corrected chi connectivity index (χ1v) is 6.69. The van der Waals surface area contributed by atoms with E-state index in [1.165, 1.54) is 0 Å². The summed E-state index contributed by atoms with van der Waals surface area (Å²) < 4.78 is 0. The topological polar surface area (TPSA) is 46.9 Å². The molecule has 0 aliphatic carbocycles. The van der Waals surface area contributed by atoms with E-state index in [0.29, 0.717) is 5.11 Å². The number of thiocarbonyl (C=S) groups is 1. The molecule has 1 heterocycles. The molecule has 102 valence electrons. The Hall–Kier alpha value is -1.95. The molecule has 2 aromatic rings. The van der Waals surface area contributed by atoms with Crippen LogP contribution in [-0.4, -0.2) is 27.8 Å². The van der Waals surface area contributed by atoms with Crippen molar-refractivity contribution in [2.45, 2.75) is 12.5 Å². The normalized spacial score (nSPS) is 22.4. The fraction of sp³-hybridized carbons (Fsp3) is 0.133. The molecule has 0 amide bonds. The number of anilines is 2. The summed E-state index contributed by atoms with van der Waals surface area (Å²) in [6.45, 7) is 0. The summed E-state index contributed by atoms with van der Waals surface area (Å²) in [4.78, 5) is 3.10. The van der Waals surface area contributed by atoms with Crippen LogP contribution in [0.4, 0.5) is 11.4 Å². The Morgan fingerprint density at radius 3 is 1.40 bits per heavy atom. The molecule has 0 aromatic heterocycles. The number of nitrogens with zero attached hydrogens (tertiary/aromatic N) is 2. The zero-order valence-electron chi connectivity index (χ0n) is 10.6. The van der Waals surface area contributed by atoms with E-state index < -0.39 is 12.5 Å². The lowest BCUT2D eigenvalue weighted by atomic mass is 10.3. The minimum absolute atomic E-state index is 0.377. The summed E-state index contributed by atoms with van der Waals surface area (Å²) in [5.41, 5.74) is 1.50. The molecule has 2 unspecified atom stereocenters. The molecule has 2 aromatic carbocycles. The van der Waals surface area contributed by atoms with E-state index in [4.69, 9.17) is 12.2 Å². The standard InChI is InChI=1S/C15H14N2O2S/c18-13-14(19)17(12-9-5-2-6-10-12)15(20)16(13)11-7-3-1-4-8-11/h1-10,13-14,18-19H. The third-order valence-electron chi connectivity index (χ3n) is 3.28. The molecule has 20 heavy (non-hydrogen) atoms. The van der Waals surface area contributed by atoms with Crippen LogP contribution in [0.1, 0.15) is 0 Å². The maximum absolute atomic E-state index is 10.3. The van der Waals surface area contributed by atoms with Gasteiger partial charge in [0.1, 0.15) is 0 Å². The predicted octanol–water partition coefficient (Wildman–Crippen LogP) is 1.93. The highest BCUT2D eigenvalue weighted by Crippen LogP contribution is 2.31. The Balaban J connectivity index is 1.99. The zero-order chi connectivity index (χ0) is 14.1. The Kier molecular flexibility index (Phi) is 3.40. The van der Waals surface area contributed by atoms with Gasteiger partial charge in [-0.3, -0.25) is 9.80 Å². The third kappa shape index (κ3) is 2.06. The van der Waals surface area contributed by atoms with Crippen LogP contribution in [0.5, 0.6) is 0 Å². The molecule has 0 radical (unpaired) electrons. The van der Waals surface area contributed by atoms with Gasteiger partial charge in [0, 0.05) is 11.4 Å². The van der Waals surface area contributed by atoms with E-state index >= 15 is 0 Å². The van der Waals surface area contributed by atoms with Crippen molar-refractivity contribution >= 4 is 28.7 Å². The van der Waals surface area contributed by atoms with E-state index in [1.807, 2.05) is 60.7 Å². The van der Waals surface area contributed by atoms with E-state index in [-0.39, 0.29) is 0 Å². The van der Waals surface area contributed by atoms with Gasteiger partial charge >= 0.3 is 0 Å². The van der Waals surface area contributed by atoms with Crippen LogP contribution < -0.4 is 9.80 Å². The van der Waals surface area contributed by atoms with Crippen molar-refractivity contribution in [2.24, 2.45) is 0 Å². The molecule has 1 fully saturated rings. The Morgan fingerprint density at radius 2 is 1.05 bits per heavy atom. The first kappa shape index (κ1) is 13.1. The predicted molar refractivity (Wildman–Crippen MR) is 82.5 cm³/mol. The Bertz CT molecular complexity index is 552. The average Bonchev–Trinajstić information content (AvgIpc) is 2.71. The number of aliphatic hydroxyl groups is 2. The van der Waals surface area contributed by atoms with Crippen molar-refractivity contribution in [1.82, 2.24) is 0 Å². The first-order valence-electron chi connectivity index (χ1n) is 6.29. The Morgan fingerprint density at radius 1 is 0.700 bits per heavy atom. The van der Waals surface area contributed by atoms with Crippen molar-refractivity contribution in [2.75, 3.05) is 9.80 Å². The number of para-hydroxylation sites is 2. The van der Waals surface area contributed by atoms with Crippen LogP contribution in [0.25, 0.3) is 0 Å². The molecule has 1 aliphatic rings. The van der Waals surface area contributed by atoms with Crippen molar-refractivity contribution in [3.8, 4) is 0 Å². The fourth-order valence-corrected chi connectivity index (χ4v) is 2.74. The van der Waals surface area contributed by atoms with Crippen molar-refractivity contribution in [3.05, 3.63) is 60.7 Å². The average molecular weight is 286 g/mol. The molecule has 0 bridgehead atoms.